The molecule has 2 aliphatic carbocycles. The zero-order chi connectivity index (χ0) is 26.2. The molecule has 0 atom stereocenters. The molecule has 0 saturated carbocycles. The summed E-state index contributed by atoms with van der Waals surface area (Å²) < 4.78 is 4.86. The van der Waals surface area contributed by atoms with Gasteiger partial charge in [-0.15, -0.1) is 0 Å². The summed E-state index contributed by atoms with van der Waals surface area (Å²) in [6.45, 7) is 0. The average Bonchev–Trinajstić information content (AvgIpc) is 3.60. The standard InChI is InChI=1S/C17H19N2.C13H10.C5H5.2ClH.Zr/c1-18(2)14-5-7-16-12(10-14)9-13-11-15(19(3)4)6-8-17(13)16;1-3-7-12(8-4-1)11-13-9-5-2-6-10-13;1-2-4-5-3-1;;;/h5-8,10H,9H2,1-4H3;1-10H;1-3H,4H2;2*1H;/q;;;;;+2/p-2. The van der Waals surface area contributed by atoms with Gasteiger partial charge < -0.3 is 24.8 Å². The largest absolute Gasteiger partial charge is 1.00 e. The molecule has 40 heavy (non-hydrogen) atoms. The summed E-state index contributed by atoms with van der Waals surface area (Å²) in [5, 5.41) is 0. The van der Waals surface area contributed by atoms with Gasteiger partial charge in [-0.3, -0.25) is 0 Å². The van der Waals surface area contributed by atoms with Crippen molar-refractivity contribution in [3.05, 3.63) is 135 Å². The van der Waals surface area contributed by atoms with Gasteiger partial charge in [0.15, 0.2) is 0 Å². The third-order valence-electron chi connectivity index (χ3n) is 7.75. The van der Waals surface area contributed by atoms with Crippen LogP contribution in [-0.4, -0.2) is 31.4 Å². The van der Waals surface area contributed by atoms with Crippen LogP contribution < -0.4 is 37.9 Å². The zero-order valence-corrected chi connectivity index (χ0v) is 27.4. The van der Waals surface area contributed by atoms with Gasteiger partial charge in [-0.25, -0.2) is 0 Å². The summed E-state index contributed by atoms with van der Waals surface area (Å²) >= 11 is -2.68. The van der Waals surface area contributed by atoms with Crippen LogP contribution in [0.25, 0.3) is 11.1 Å². The Morgan fingerprint density at radius 2 is 1.32 bits per heavy atom. The van der Waals surface area contributed by atoms with Gasteiger partial charge in [-0.2, -0.15) is 0 Å². The van der Waals surface area contributed by atoms with Gasteiger partial charge >= 0.3 is 236 Å². The predicted octanol–water partition coefficient (Wildman–Crippen LogP) is 0.754. The number of benzene rings is 4. The second-order valence-corrected chi connectivity index (χ2v) is 16.5. The number of hydrogen-bond acceptors (Lipinski definition) is 2. The number of allylic oxidation sites excluding steroid dienone is 4. The molecule has 0 aliphatic heterocycles. The van der Waals surface area contributed by atoms with E-state index in [4.69, 9.17) is 0 Å². The van der Waals surface area contributed by atoms with Gasteiger partial charge in [0.25, 0.3) is 0 Å². The van der Waals surface area contributed by atoms with E-state index in [0.29, 0.717) is 0 Å². The van der Waals surface area contributed by atoms with Crippen molar-refractivity contribution in [2.24, 2.45) is 0 Å². The summed E-state index contributed by atoms with van der Waals surface area (Å²) in [6.07, 6.45) is 9.13. The van der Waals surface area contributed by atoms with E-state index in [-0.39, 0.29) is 24.8 Å². The van der Waals surface area contributed by atoms with E-state index in [0.717, 1.165) is 12.8 Å². The molecule has 4 aromatic carbocycles. The van der Waals surface area contributed by atoms with E-state index < -0.39 is 21.3 Å². The Morgan fingerprint density at radius 1 is 0.700 bits per heavy atom. The molecule has 4 aromatic rings. The maximum Gasteiger partial charge on any atom is -1.00 e. The normalized spacial score (nSPS) is 12.2. The Labute approximate surface area is 259 Å². The Morgan fingerprint density at radius 3 is 1.88 bits per heavy atom. The van der Waals surface area contributed by atoms with Crippen LogP contribution in [0.3, 0.4) is 0 Å². The molecule has 0 bridgehead atoms. The topological polar surface area (TPSA) is 6.48 Å². The monoisotopic (exact) mass is 642 g/mol. The first-order valence-electron chi connectivity index (χ1n) is 13.4. The van der Waals surface area contributed by atoms with Crippen LogP contribution in [0.1, 0.15) is 28.7 Å². The maximum atomic E-state index is 2.44. The van der Waals surface area contributed by atoms with Gasteiger partial charge in [-0.1, -0.05) is 0 Å². The van der Waals surface area contributed by atoms with Crippen molar-refractivity contribution in [2.45, 2.75) is 12.8 Å². The Balaban J connectivity index is 0.00000185. The molecule has 0 unspecified atom stereocenters. The second-order valence-electron chi connectivity index (χ2n) is 10.6. The first-order valence-corrected chi connectivity index (χ1v) is 17.1. The Bertz CT molecular complexity index is 1560. The van der Waals surface area contributed by atoms with E-state index in [9.17, 15) is 0 Å². The molecular formula is C35H34Cl2N2Zr. The summed E-state index contributed by atoms with van der Waals surface area (Å²) in [4.78, 5) is 4.56. The molecule has 6 rings (SSSR count). The molecular weight excluding hydrogens is 611 g/mol. The molecule has 2 aliphatic rings. The minimum Gasteiger partial charge on any atom is -1.00 e. The van der Waals surface area contributed by atoms with E-state index >= 15 is 0 Å². The number of rotatable bonds is 6. The van der Waals surface area contributed by atoms with E-state index in [1.54, 1.807) is 15.3 Å². The minimum absolute atomic E-state index is 0. The number of nitrogens with zero attached hydrogens (tertiary/aromatic N) is 2. The van der Waals surface area contributed by atoms with Crippen LogP contribution in [-0.2, 0) is 27.7 Å². The molecule has 0 fully saturated rings. The molecule has 2 nitrogen and oxygen atoms in total. The molecule has 0 aromatic heterocycles. The van der Waals surface area contributed by atoms with E-state index in [2.05, 4.69) is 147 Å². The smallest absolute Gasteiger partial charge is 1.00 e. The predicted molar refractivity (Wildman–Crippen MR) is 161 cm³/mol. The fourth-order valence-corrected chi connectivity index (χ4v) is 14.5. The van der Waals surface area contributed by atoms with Crippen LogP contribution in [0.2, 0.25) is 0 Å². The van der Waals surface area contributed by atoms with Crippen molar-refractivity contribution in [2.75, 3.05) is 38.0 Å². The molecule has 0 heterocycles. The van der Waals surface area contributed by atoms with Gasteiger partial charge in [-0.05, 0) is 0 Å². The third kappa shape index (κ3) is 5.57. The van der Waals surface area contributed by atoms with Gasteiger partial charge in [0.2, 0.25) is 0 Å². The summed E-state index contributed by atoms with van der Waals surface area (Å²) in [7, 11) is 8.69. The van der Waals surface area contributed by atoms with Crippen molar-refractivity contribution in [3.8, 4) is 11.1 Å². The number of anilines is 2. The first-order chi connectivity index (χ1) is 18.5. The zero-order valence-electron chi connectivity index (χ0n) is 23.5. The Kier molecular flexibility index (Phi) is 9.73. The van der Waals surface area contributed by atoms with Gasteiger partial charge in [0, 0.05) is 0 Å². The SMILES string of the molecule is CN(C)c1ccc2c(c1)Cc1c-2ccc(N(C)C)[c]1[Zr+2]([C]1=CC=CC1)=[C](c1ccccc1)c1ccccc1.[Cl-].[Cl-]. The minimum atomic E-state index is -2.68. The number of hydrogen-bond donors (Lipinski definition) is 0. The van der Waals surface area contributed by atoms with Crippen LogP contribution in [0, 0.1) is 0 Å². The summed E-state index contributed by atoms with van der Waals surface area (Å²) in [5.41, 5.74) is 11.2. The van der Waals surface area contributed by atoms with E-state index in [1.807, 2.05) is 0 Å². The molecule has 0 N–H and O–H groups in total. The summed E-state index contributed by atoms with van der Waals surface area (Å²) in [5.74, 6) is 0. The van der Waals surface area contributed by atoms with Crippen molar-refractivity contribution < 1.29 is 46.1 Å². The van der Waals surface area contributed by atoms with Crippen molar-refractivity contribution >= 4 is 17.9 Å². The molecule has 0 spiro atoms. The first kappa shape index (κ1) is 30.3. The Hall–Kier alpha value is -2.71. The number of fused-ring (bicyclic) bond motifs is 3. The van der Waals surface area contributed by atoms with Crippen molar-refractivity contribution in [1.29, 1.82) is 0 Å². The molecule has 202 valence electrons. The van der Waals surface area contributed by atoms with Crippen LogP contribution >= 0.6 is 0 Å². The average molecular weight is 645 g/mol. The van der Waals surface area contributed by atoms with Crippen LogP contribution in [0.15, 0.2) is 113 Å². The van der Waals surface area contributed by atoms with Crippen molar-refractivity contribution in [1.82, 2.24) is 0 Å². The fourth-order valence-electron chi connectivity index (χ4n) is 5.92. The third-order valence-corrected chi connectivity index (χ3v) is 15.5. The van der Waals surface area contributed by atoms with Crippen molar-refractivity contribution in [3.63, 3.8) is 0 Å². The van der Waals surface area contributed by atoms with Crippen LogP contribution in [0.5, 0.6) is 0 Å². The van der Waals surface area contributed by atoms with Crippen LogP contribution in [0.4, 0.5) is 11.4 Å². The van der Waals surface area contributed by atoms with Gasteiger partial charge in [0.05, 0.1) is 0 Å². The molecule has 5 heteroatoms. The summed E-state index contributed by atoms with van der Waals surface area (Å²) in [6, 6.07) is 34.1. The molecule has 0 radical (unpaired) electrons. The molecule has 0 saturated heterocycles. The second kappa shape index (κ2) is 12.9. The number of halogens is 2. The van der Waals surface area contributed by atoms with Gasteiger partial charge in [0.1, 0.15) is 0 Å². The fraction of sp³-hybridized carbons (Fsp3) is 0.171. The maximum absolute atomic E-state index is 2.68. The molecule has 0 amide bonds. The quantitative estimate of drug-likeness (QED) is 0.270. The van der Waals surface area contributed by atoms with E-state index in [1.165, 1.54) is 39.2 Å².